The maximum absolute atomic E-state index is 14.1. The molecule has 0 aliphatic rings. The molecule has 0 radical (unpaired) electrons. The minimum Gasteiger partial charge on any atom is -0.332 e. The average Bonchev–Trinajstić information content (AvgIpc) is 3.22. The number of halogens is 3. The van der Waals surface area contributed by atoms with Crippen LogP contribution in [0.4, 0.5) is 8.78 Å². The van der Waals surface area contributed by atoms with Gasteiger partial charge >= 0.3 is 13.3 Å². The second-order valence-electron chi connectivity index (χ2n) is 7.19. The molecule has 10 heteroatoms. The molecule has 170 valence electrons. The van der Waals surface area contributed by atoms with Crippen molar-refractivity contribution in [2.45, 2.75) is 16.6 Å². The van der Waals surface area contributed by atoms with Gasteiger partial charge in [-0.25, -0.2) is 4.98 Å². The van der Waals surface area contributed by atoms with Crippen LogP contribution in [0.3, 0.4) is 0 Å². The number of hydrogen-bond acceptors (Lipinski definition) is 3. The third kappa shape index (κ3) is 5.13. The summed E-state index contributed by atoms with van der Waals surface area (Å²) in [5.74, 6) is 0.413. The van der Waals surface area contributed by atoms with Crippen molar-refractivity contribution in [3.63, 3.8) is 0 Å². The van der Waals surface area contributed by atoms with Crippen LogP contribution >= 0.6 is 35.3 Å². The molecule has 0 atom stereocenters. The lowest BCUT2D eigenvalue weighted by Gasteiger charge is -2.19. The Morgan fingerprint density at radius 1 is 0.970 bits per heavy atom. The largest absolute Gasteiger partial charge is 0.399 e. The first kappa shape index (κ1) is 23.9. The number of H-pyrrole nitrogens is 1. The summed E-state index contributed by atoms with van der Waals surface area (Å²) in [6, 6.07) is 23.5. The number of imidazole rings is 1. The summed E-state index contributed by atoms with van der Waals surface area (Å²) < 4.78 is 39.2. The van der Waals surface area contributed by atoms with Crippen LogP contribution in [0.15, 0.2) is 88.5 Å². The van der Waals surface area contributed by atoms with Crippen molar-refractivity contribution in [1.82, 2.24) is 9.97 Å². The second-order valence-corrected chi connectivity index (χ2v) is 10.7. The van der Waals surface area contributed by atoms with Crippen molar-refractivity contribution in [3.05, 3.63) is 94.5 Å². The smallest absolute Gasteiger partial charge is 0.332 e. The number of nitrogens with zero attached hydrogens (tertiary/aromatic N) is 1. The zero-order chi connectivity index (χ0) is 23.6. The molecular weight excluding hydrogens is 533 g/mol. The minimum absolute atomic E-state index is 0.0664. The van der Waals surface area contributed by atoms with Crippen LogP contribution in [0.25, 0.3) is 22.5 Å². The van der Waals surface area contributed by atoms with Crippen molar-refractivity contribution < 1.29 is 23.1 Å². The fourth-order valence-electron chi connectivity index (χ4n) is 3.24. The molecule has 0 fully saturated rings. The maximum Gasteiger partial charge on any atom is 0.399 e. The molecular formula is C23H18BrF2N2O3PS. The fourth-order valence-corrected chi connectivity index (χ4v) is 5.39. The van der Waals surface area contributed by atoms with Gasteiger partial charge in [0.05, 0.1) is 11.4 Å². The third-order valence-corrected chi connectivity index (χ3v) is 7.46. The summed E-state index contributed by atoms with van der Waals surface area (Å²) in [5, 5.41) is 0.661. The third-order valence-electron chi connectivity index (χ3n) is 4.89. The van der Waals surface area contributed by atoms with Crippen LogP contribution in [0.5, 0.6) is 0 Å². The summed E-state index contributed by atoms with van der Waals surface area (Å²) in [6.07, 6.45) is 0. The molecule has 0 aliphatic heterocycles. The number of thioether (sulfide) groups is 1. The predicted octanol–water partition coefficient (Wildman–Crippen LogP) is 7.03. The summed E-state index contributed by atoms with van der Waals surface area (Å²) in [4.78, 5) is 26.1. The van der Waals surface area contributed by atoms with Gasteiger partial charge in [-0.05, 0) is 11.6 Å². The Morgan fingerprint density at radius 3 is 2.15 bits per heavy atom. The van der Waals surface area contributed by atoms with E-state index in [1.54, 1.807) is 0 Å². The maximum atomic E-state index is 14.1. The van der Waals surface area contributed by atoms with Gasteiger partial charge in [0.25, 0.3) is 0 Å². The van der Waals surface area contributed by atoms with E-state index in [1.807, 2.05) is 60.7 Å². The lowest BCUT2D eigenvalue weighted by atomic mass is 10.1. The van der Waals surface area contributed by atoms with E-state index < -0.39 is 18.8 Å². The lowest BCUT2D eigenvalue weighted by Crippen LogP contribution is -2.14. The molecule has 0 saturated carbocycles. The number of nitrogens with one attached hydrogen (secondary N) is 1. The monoisotopic (exact) mass is 550 g/mol. The molecule has 0 spiro atoms. The Labute approximate surface area is 201 Å². The molecule has 33 heavy (non-hydrogen) atoms. The molecule has 4 rings (SSSR count). The van der Waals surface area contributed by atoms with Crippen LogP contribution in [-0.4, -0.2) is 19.8 Å². The van der Waals surface area contributed by atoms with Gasteiger partial charge in [0, 0.05) is 26.9 Å². The molecule has 1 heterocycles. The fraction of sp³-hybridized carbons (Fsp3) is 0.0870. The zero-order valence-electron chi connectivity index (χ0n) is 17.0. The van der Waals surface area contributed by atoms with E-state index >= 15 is 0 Å². The van der Waals surface area contributed by atoms with E-state index in [2.05, 4.69) is 20.9 Å². The molecule has 0 amide bonds. The van der Waals surface area contributed by atoms with Crippen LogP contribution in [0.1, 0.15) is 11.1 Å². The number of aromatic amines is 1. The van der Waals surface area contributed by atoms with Gasteiger partial charge in [0.1, 0.15) is 0 Å². The highest BCUT2D eigenvalue weighted by molar-refractivity contribution is 9.10. The molecule has 3 aromatic carbocycles. The first-order chi connectivity index (χ1) is 15.7. The van der Waals surface area contributed by atoms with Crippen molar-refractivity contribution >= 4 is 35.3 Å². The molecule has 0 unspecified atom stereocenters. The van der Waals surface area contributed by atoms with Gasteiger partial charge in [0.2, 0.25) is 0 Å². The highest BCUT2D eigenvalue weighted by Gasteiger charge is 2.51. The first-order valence-electron chi connectivity index (χ1n) is 9.73. The summed E-state index contributed by atoms with van der Waals surface area (Å²) in [6.45, 7) is 0. The van der Waals surface area contributed by atoms with Crippen LogP contribution in [0, 0.1) is 0 Å². The average molecular weight is 551 g/mol. The van der Waals surface area contributed by atoms with Crippen LogP contribution < -0.4 is 0 Å². The van der Waals surface area contributed by atoms with Gasteiger partial charge in [-0.15, -0.1) is 0 Å². The van der Waals surface area contributed by atoms with E-state index in [1.165, 1.54) is 23.9 Å². The lowest BCUT2D eigenvalue weighted by molar-refractivity contribution is 0.0557. The number of aromatic nitrogens is 2. The molecule has 1 aromatic heterocycles. The molecule has 4 aromatic rings. The van der Waals surface area contributed by atoms with E-state index in [9.17, 15) is 13.3 Å². The second kappa shape index (κ2) is 9.52. The van der Waals surface area contributed by atoms with Crippen molar-refractivity contribution in [1.29, 1.82) is 0 Å². The Bertz CT molecular complexity index is 1260. The normalized spacial score (nSPS) is 12.2. The Balaban J connectivity index is 1.60. The molecule has 0 saturated heterocycles. The van der Waals surface area contributed by atoms with E-state index in [-0.39, 0.29) is 4.47 Å². The number of rotatable bonds is 7. The van der Waals surface area contributed by atoms with E-state index in [0.717, 1.165) is 28.6 Å². The van der Waals surface area contributed by atoms with Gasteiger partial charge < -0.3 is 14.8 Å². The standard InChI is InChI=1S/C23H18BrF2N2O3PS/c24-19-13-15(11-12-18(19)23(25,26)32(29,30)31)14-33-22-27-20(16-7-3-1-4-8-16)21(28-22)17-9-5-2-6-10-17/h1-13H,14H2,(H,27,28)(H2,29,30,31). The highest BCUT2D eigenvalue weighted by Crippen LogP contribution is 2.60. The summed E-state index contributed by atoms with van der Waals surface area (Å²) in [7, 11) is -5.64. The number of alkyl halides is 2. The van der Waals surface area contributed by atoms with Gasteiger partial charge in [-0.1, -0.05) is 100 Å². The van der Waals surface area contributed by atoms with Crippen LogP contribution in [-0.2, 0) is 16.0 Å². The SMILES string of the molecule is O=P(O)(O)C(F)(F)c1ccc(CSc2nc(-c3ccccc3)c(-c3ccccc3)[nH]2)cc1Br. The van der Waals surface area contributed by atoms with E-state index in [4.69, 9.17) is 14.8 Å². The first-order valence-corrected chi connectivity index (χ1v) is 13.1. The zero-order valence-corrected chi connectivity index (χ0v) is 20.2. The summed E-state index contributed by atoms with van der Waals surface area (Å²) in [5.41, 5.74) is -0.692. The predicted molar refractivity (Wildman–Crippen MR) is 129 cm³/mol. The molecule has 0 aliphatic carbocycles. The number of hydrogen-bond donors (Lipinski definition) is 3. The Morgan fingerprint density at radius 2 is 1.58 bits per heavy atom. The van der Waals surface area contributed by atoms with E-state index in [0.29, 0.717) is 16.5 Å². The highest BCUT2D eigenvalue weighted by atomic mass is 79.9. The topological polar surface area (TPSA) is 86.2 Å². The van der Waals surface area contributed by atoms with Crippen molar-refractivity contribution in [3.8, 4) is 22.5 Å². The van der Waals surface area contributed by atoms with Gasteiger partial charge in [-0.2, -0.15) is 8.78 Å². The molecule has 3 N–H and O–H groups in total. The molecule has 5 nitrogen and oxygen atoms in total. The van der Waals surface area contributed by atoms with Gasteiger partial charge in [-0.3, -0.25) is 4.57 Å². The van der Waals surface area contributed by atoms with Gasteiger partial charge in [0.15, 0.2) is 5.16 Å². The van der Waals surface area contributed by atoms with Crippen molar-refractivity contribution in [2.24, 2.45) is 0 Å². The number of benzene rings is 3. The Kier molecular flexibility index (Phi) is 6.88. The minimum atomic E-state index is -5.64. The Hall–Kier alpha value is -2.29. The van der Waals surface area contributed by atoms with Crippen molar-refractivity contribution in [2.75, 3.05) is 0 Å². The van der Waals surface area contributed by atoms with Crippen LogP contribution in [0.2, 0.25) is 0 Å². The molecule has 0 bridgehead atoms. The summed E-state index contributed by atoms with van der Waals surface area (Å²) >= 11 is 4.42. The quantitative estimate of drug-likeness (QED) is 0.170.